The fourth-order valence-electron chi connectivity index (χ4n) is 4.66. The van der Waals surface area contributed by atoms with Gasteiger partial charge >= 0.3 is 0 Å². The van der Waals surface area contributed by atoms with Crippen molar-refractivity contribution in [1.29, 1.82) is 0 Å². The van der Waals surface area contributed by atoms with E-state index in [1.807, 2.05) is 6.07 Å². The van der Waals surface area contributed by atoms with Crippen molar-refractivity contribution in [2.75, 3.05) is 44.8 Å². The third-order valence-electron chi connectivity index (χ3n) is 6.63. The molecule has 1 unspecified atom stereocenters. The number of ether oxygens (including phenoxy) is 1. The number of guanidine groups is 1. The van der Waals surface area contributed by atoms with Crippen LogP contribution in [0.4, 0.5) is 10.1 Å². The Bertz CT molecular complexity index is 893. The van der Waals surface area contributed by atoms with Crippen molar-refractivity contribution in [2.24, 2.45) is 4.99 Å². The van der Waals surface area contributed by atoms with Gasteiger partial charge in [-0.3, -0.25) is 4.99 Å². The van der Waals surface area contributed by atoms with Crippen LogP contribution in [-0.2, 0) is 10.2 Å². The summed E-state index contributed by atoms with van der Waals surface area (Å²) in [6.07, 6.45) is 2.80. The lowest BCUT2D eigenvalue weighted by atomic mass is 9.74. The number of halogens is 1. The molecule has 0 amide bonds. The number of hydrogen-bond donors (Lipinski definition) is 2. The maximum Gasteiger partial charge on any atom is 0.191 e. The van der Waals surface area contributed by atoms with Gasteiger partial charge in [-0.05, 0) is 56.0 Å². The van der Waals surface area contributed by atoms with Gasteiger partial charge in [0.1, 0.15) is 5.82 Å². The fraction of sp³-hybridized carbons (Fsp3) is 0.480. The molecule has 0 aromatic heterocycles. The smallest absolute Gasteiger partial charge is 0.191 e. The van der Waals surface area contributed by atoms with E-state index >= 15 is 0 Å². The lowest BCUT2D eigenvalue weighted by Gasteiger charge is -2.38. The Morgan fingerprint density at radius 1 is 1.19 bits per heavy atom. The van der Waals surface area contributed by atoms with Crippen LogP contribution < -0.4 is 15.5 Å². The third kappa shape index (κ3) is 5.18. The molecular formula is C25H33FN4O. The van der Waals surface area contributed by atoms with E-state index in [0.717, 1.165) is 43.9 Å². The van der Waals surface area contributed by atoms with Crippen LogP contribution in [0, 0.1) is 12.7 Å². The molecule has 4 rings (SSSR count). The highest BCUT2D eigenvalue weighted by Gasteiger charge is 2.35. The van der Waals surface area contributed by atoms with Gasteiger partial charge in [-0.2, -0.15) is 0 Å². The van der Waals surface area contributed by atoms with Crippen molar-refractivity contribution in [3.8, 4) is 0 Å². The molecule has 2 aromatic carbocycles. The molecule has 2 fully saturated rings. The summed E-state index contributed by atoms with van der Waals surface area (Å²) >= 11 is 0. The van der Waals surface area contributed by atoms with Crippen LogP contribution in [0.2, 0.25) is 0 Å². The zero-order valence-electron chi connectivity index (χ0n) is 18.5. The van der Waals surface area contributed by atoms with Gasteiger partial charge in [0.2, 0.25) is 0 Å². The van der Waals surface area contributed by atoms with Crippen molar-refractivity contribution in [3.63, 3.8) is 0 Å². The molecule has 166 valence electrons. The first-order valence-corrected chi connectivity index (χ1v) is 11.2. The number of anilines is 1. The summed E-state index contributed by atoms with van der Waals surface area (Å²) in [6.45, 7) is 6.18. The lowest BCUT2D eigenvalue weighted by Crippen LogP contribution is -2.50. The maximum absolute atomic E-state index is 13.9. The molecule has 2 heterocycles. The molecule has 0 spiro atoms. The Morgan fingerprint density at radius 3 is 2.68 bits per heavy atom. The summed E-state index contributed by atoms with van der Waals surface area (Å²) in [6, 6.07) is 16.1. The van der Waals surface area contributed by atoms with E-state index in [4.69, 9.17) is 4.74 Å². The summed E-state index contributed by atoms with van der Waals surface area (Å²) in [5.41, 5.74) is 3.43. The Kier molecular flexibility index (Phi) is 6.76. The van der Waals surface area contributed by atoms with Crippen molar-refractivity contribution in [2.45, 2.75) is 37.6 Å². The summed E-state index contributed by atoms with van der Waals surface area (Å²) in [7, 11) is 1.81. The highest BCUT2D eigenvalue weighted by atomic mass is 19.1. The monoisotopic (exact) mass is 424 g/mol. The summed E-state index contributed by atoms with van der Waals surface area (Å²) < 4.78 is 19.5. The van der Waals surface area contributed by atoms with E-state index < -0.39 is 0 Å². The second-order valence-corrected chi connectivity index (χ2v) is 8.74. The fourth-order valence-corrected chi connectivity index (χ4v) is 4.66. The van der Waals surface area contributed by atoms with Crippen LogP contribution in [0.15, 0.2) is 53.5 Å². The Hall–Kier alpha value is -2.60. The lowest BCUT2D eigenvalue weighted by molar-refractivity contribution is 0.0512. The second-order valence-electron chi connectivity index (χ2n) is 8.74. The highest BCUT2D eigenvalue weighted by Crippen LogP contribution is 2.34. The van der Waals surface area contributed by atoms with Gasteiger partial charge in [0, 0.05) is 57.0 Å². The van der Waals surface area contributed by atoms with Gasteiger partial charge in [0.15, 0.2) is 5.96 Å². The Labute approximate surface area is 184 Å². The van der Waals surface area contributed by atoms with Gasteiger partial charge in [0.25, 0.3) is 0 Å². The number of nitrogens with one attached hydrogen (secondary N) is 2. The van der Waals surface area contributed by atoms with Crippen LogP contribution in [0.3, 0.4) is 0 Å². The predicted octanol–water partition coefficient (Wildman–Crippen LogP) is 3.63. The van der Waals surface area contributed by atoms with E-state index in [1.54, 1.807) is 19.2 Å². The first-order valence-electron chi connectivity index (χ1n) is 11.2. The minimum atomic E-state index is -0.187. The van der Waals surface area contributed by atoms with Crippen LogP contribution in [0.5, 0.6) is 0 Å². The quantitative estimate of drug-likeness (QED) is 0.569. The molecule has 1 atom stereocenters. The standard InChI is InChI=1S/C25H33FN4O/c1-19-6-8-23(9-7-19)30-13-10-22(17-30)29-24(27-2)28-18-25(11-14-31-15-12-25)20-4-3-5-21(26)16-20/h3-9,16,22H,10-15,17-18H2,1-2H3,(H2,27,28,29). The summed E-state index contributed by atoms with van der Waals surface area (Å²) in [4.78, 5) is 6.87. The van der Waals surface area contributed by atoms with Gasteiger partial charge < -0.3 is 20.3 Å². The molecule has 2 aromatic rings. The molecule has 2 saturated heterocycles. The second kappa shape index (κ2) is 9.69. The molecule has 5 nitrogen and oxygen atoms in total. The van der Waals surface area contributed by atoms with Gasteiger partial charge in [-0.25, -0.2) is 4.39 Å². The average molecular weight is 425 g/mol. The van der Waals surface area contributed by atoms with E-state index in [-0.39, 0.29) is 11.2 Å². The molecule has 2 aliphatic rings. The van der Waals surface area contributed by atoms with Crippen LogP contribution >= 0.6 is 0 Å². The number of aliphatic imine (C=N–C) groups is 1. The number of rotatable bonds is 5. The Balaban J connectivity index is 1.38. The summed E-state index contributed by atoms with van der Waals surface area (Å²) in [5.74, 6) is 0.617. The average Bonchev–Trinajstić information content (AvgIpc) is 3.26. The first kappa shape index (κ1) is 21.6. The third-order valence-corrected chi connectivity index (χ3v) is 6.63. The normalized spacial score (nSPS) is 21.2. The van der Waals surface area contributed by atoms with Crippen LogP contribution in [0.1, 0.15) is 30.4 Å². The van der Waals surface area contributed by atoms with E-state index in [9.17, 15) is 4.39 Å². The number of benzene rings is 2. The first-order chi connectivity index (χ1) is 15.1. The zero-order chi connectivity index (χ0) is 21.7. The molecule has 0 radical (unpaired) electrons. The van der Waals surface area contributed by atoms with Gasteiger partial charge in [0.05, 0.1) is 0 Å². The Morgan fingerprint density at radius 2 is 1.97 bits per heavy atom. The van der Waals surface area contributed by atoms with Crippen molar-refractivity contribution >= 4 is 11.6 Å². The highest BCUT2D eigenvalue weighted by molar-refractivity contribution is 5.80. The largest absolute Gasteiger partial charge is 0.381 e. The van der Waals surface area contributed by atoms with Crippen LogP contribution in [-0.4, -0.2) is 51.9 Å². The predicted molar refractivity (Wildman–Crippen MR) is 124 cm³/mol. The topological polar surface area (TPSA) is 48.9 Å². The molecule has 31 heavy (non-hydrogen) atoms. The van der Waals surface area contributed by atoms with E-state index in [2.05, 4.69) is 51.7 Å². The van der Waals surface area contributed by atoms with Crippen molar-refractivity contribution in [3.05, 3.63) is 65.5 Å². The minimum absolute atomic E-state index is 0.151. The molecule has 0 bridgehead atoms. The SMILES string of the molecule is CN=C(NCC1(c2cccc(F)c2)CCOCC1)NC1CCN(c2ccc(C)cc2)C1. The molecule has 6 heteroatoms. The number of hydrogen-bond acceptors (Lipinski definition) is 3. The van der Waals surface area contributed by atoms with Crippen molar-refractivity contribution in [1.82, 2.24) is 10.6 Å². The number of nitrogens with zero attached hydrogens (tertiary/aromatic N) is 2. The number of aryl methyl sites for hydroxylation is 1. The molecule has 0 aliphatic carbocycles. The summed E-state index contributed by atoms with van der Waals surface area (Å²) in [5, 5.41) is 7.12. The molecular weight excluding hydrogens is 391 g/mol. The minimum Gasteiger partial charge on any atom is -0.381 e. The molecule has 0 saturated carbocycles. The molecule has 2 N–H and O–H groups in total. The van der Waals surface area contributed by atoms with E-state index in [1.165, 1.54) is 17.3 Å². The van der Waals surface area contributed by atoms with E-state index in [0.29, 0.717) is 25.8 Å². The maximum atomic E-state index is 13.9. The van der Waals surface area contributed by atoms with Gasteiger partial charge in [-0.15, -0.1) is 0 Å². The zero-order valence-corrected chi connectivity index (χ0v) is 18.5. The molecule has 2 aliphatic heterocycles. The van der Waals surface area contributed by atoms with Gasteiger partial charge in [-0.1, -0.05) is 29.8 Å². The van der Waals surface area contributed by atoms with Crippen molar-refractivity contribution < 1.29 is 9.13 Å². The van der Waals surface area contributed by atoms with Crippen LogP contribution in [0.25, 0.3) is 0 Å².